The lowest BCUT2D eigenvalue weighted by atomic mass is 10.1. The van der Waals surface area contributed by atoms with Gasteiger partial charge < -0.3 is 9.80 Å². The zero-order chi connectivity index (χ0) is 19.5. The van der Waals surface area contributed by atoms with Gasteiger partial charge in [0.15, 0.2) is 0 Å². The first-order valence-electron chi connectivity index (χ1n) is 9.70. The van der Waals surface area contributed by atoms with Crippen molar-refractivity contribution in [3.63, 3.8) is 0 Å². The first-order chi connectivity index (χ1) is 13.7. The third-order valence-corrected chi connectivity index (χ3v) is 5.17. The van der Waals surface area contributed by atoms with E-state index < -0.39 is 0 Å². The number of benzene rings is 2. The summed E-state index contributed by atoms with van der Waals surface area (Å²) in [5, 5.41) is 0. The molecule has 0 bridgehead atoms. The monoisotopic (exact) mass is 372 g/mol. The minimum absolute atomic E-state index is 0.0723. The number of carbonyl (C=O) groups excluding carboxylic acids is 1. The average molecular weight is 372 g/mol. The van der Waals surface area contributed by atoms with Crippen LogP contribution in [0.25, 0.3) is 0 Å². The van der Waals surface area contributed by atoms with Crippen LogP contribution in [0.2, 0.25) is 0 Å². The summed E-state index contributed by atoms with van der Waals surface area (Å²) in [6.07, 6.45) is 2.55. The fourth-order valence-corrected chi connectivity index (χ4v) is 3.75. The Balaban J connectivity index is 1.60. The van der Waals surface area contributed by atoms with Crippen LogP contribution in [0.15, 0.2) is 66.9 Å². The highest BCUT2D eigenvalue weighted by Crippen LogP contribution is 2.32. The number of aromatic nitrogens is 2. The van der Waals surface area contributed by atoms with E-state index in [1.54, 1.807) is 12.3 Å². The molecule has 5 heteroatoms. The van der Waals surface area contributed by atoms with E-state index in [9.17, 15) is 4.79 Å². The van der Waals surface area contributed by atoms with Gasteiger partial charge in [-0.1, -0.05) is 48.5 Å². The summed E-state index contributed by atoms with van der Waals surface area (Å²) >= 11 is 0. The maximum atomic E-state index is 13.3. The average Bonchev–Trinajstić information content (AvgIpc) is 3.08. The predicted molar refractivity (Wildman–Crippen MR) is 112 cm³/mol. The van der Waals surface area contributed by atoms with E-state index in [-0.39, 0.29) is 11.9 Å². The highest BCUT2D eigenvalue weighted by molar-refractivity contribution is 6.06. The van der Waals surface area contributed by atoms with Crippen LogP contribution in [0.3, 0.4) is 0 Å². The van der Waals surface area contributed by atoms with Crippen molar-refractivity contribution >= 4 is 17.5 Å². The molecule has 28 heavy (non-hydrogen) atoms. The Morgan fingerprint density at radius 3 is 2.64 bits per heavy atom. The lowest BCUT2D eigenvalue weighted by Crippen LogP contribution is -2.36. The molecule has 0 spiro atoms. The Labute approximate surface area is 165 Å². The number of rotatable bonds is 5. The van der Waals surface area contributed by atoms with Crippen molar-refractivity contribution in [2.75, 3.05) is 16.3 Å². The van der Waals surface area contributed by atoms with E-state index in [1.165, 1.54) is 11.1 Å². The third-order valence-electron chi connectivity index (χ3n) is 5.17. The number of fused-ring (bicyclic) bond motifs is 1. The van der Waals surface area contributed by atoms with E-state index >= 15 is 0 Å². The van der Waals surface area contributed by atoms with Crippen LogP contribution in [0, 0.1) is 0 Å². The topological polar surface area (TPSA) is 49.3 Å². The van der Waals surface area contributed by atoms with E-state index in [0.29, 0.717) is 18.2 Å². The number of hydrogen-bond acceptors (Lipinski definition) is 4. The van der Waals surface area contributed by atoms with Gasteiger partial charge >= 0.3 is 0 Å². The Kier molecular flexibility index (Phi) is 5.06. The number of para-hydroxylation sites is 1. The van der Waals surface area contributed by atoms with Gasteiger partial charge in [0.25, 0.3) is 5.91 Å². The van der Waals surface area contributed by atoms with E-state index in [2.05, 4.69) is 46.9 Å². The maximum absolute atomic E-state index is 13.3. The van der Waals surface area contributed by atoms with Gasteiger partial charge in [-0.15, -0.1) is 0 Å². The zero-order valence-corrected chi connectivity index (χ0v) is 16.2. The molecule has 1 aliphatic rings. The van der Waals surface area contributed by atoms with Gasteiger partial charge in [0, 0.05) is 31.0 Å². The first-order valence-corrected chi connectivity index (χ1v) is 9.70. The summed E-state index contributed by atoms with van der Waals surface area (Å²) in [7, 11) is 0. The Morgan fingerprint density at radius 1 is 1.11 bits per heavy atom. The molecule has 2 aromatic carbocycles. The second kappa shape index (κ2) is 7.80. The van der Waals surface area contributed by atoms with Gasteiger partial charge in [-0.05, 0) is 43.5 Å². The molecule has 1 unspecified atom stereocenters. The van der Waals surface area contributed by atoms with Gasteiger partial charge in [-0.25, -0.2) is 9.97 Å². The predicted octanol–water partition coefficient (Wildman–Crippen LogP) is 4.09. The van der Waals surface area contributed by atoms with Crippen LogP contribution in [-0.2, 0) is 13.0 Å². The second-order valence-corrected chi connectivity index (χ2v) is 7.10. The zero-order valence-electron chi connectivity index (χ0n) is 16.2. The Hall–Kier alpha value is -3.21. The molecule has 3 aromatic rings. The molecular formula is C23H24N4O. The molecule has 0 saturated carbocycles. The molecule has 1 atom stereocenters. The molecule has 1 amide bonds. The molecule has 2 heterocycles. The van der Waals surface area contributed by atoms with Gasteiger partial charge in [-0.3, -0.25) is 4.79 Å². The molecule has 142 valence electrons. The third kappa shape index (κ3) is 3.48. The van der Waals surface area contributed by atoms with Crippen LogP contribution in [0.5, 0.6) is 0 Å². The molecule has 0 aliphatic carbocycles. The normalized spacial score (nSPS) is 15.4. The van der Waals surface area contributed by atoms with Gasteiger partial charge in [0.1, 0.15) is 5.69 Å². The van der Waals surface area contributed by atoms with Crippen molar-refractivity contribution in [2.45, 2.75) is 32.9 Å². The molecule has 0 radical (unpaired) electrons. The molecule has 4 rings (SSSR count). The minimum atomic E-state index is -0.0723. The lowest BCUT2D eigenvalue weighted by Gasteiger charge is -2.24. The SMILES string of the molecule is CCN(Cc1ccccc1)c1nccc(C(=O)N2c3ccccc3CC2C)n1. The first kappa shape index (κ1) is 18.2. The van der Waals surface area contributed by atoms with E-state index in [4.69, 9.17) is 0 Å². The van der Waals surface area contributed by atoms with E-state index in [0.717, 1.165) is 18.7 Å². The summed E-state index contributed by atoms with van der Waals surface area (Å²) in [6, 6.07) is 20.1. The molecular weight excluding hydrogens is 348 g/mol. The van der Waals surface area contributed by atoms with Crippen LogP contribution in [0.1, 0.15) is 35.5 Å². The fourth-order valence-electron chi connectivity index (χ4n) is 3.75. The van der Waals surface area contributed by atoms with Crippen LogP contribution >= 0.6 is 0 Å². The van der Waals surface area contributed by atoms with Gasteiger partial charge in [-0.2, -0.15) is 0 Å². The molecule has 0 fully saturated rings. The largest absolute Gasteiger partial charge is 0.337 e. The van der Waals surface area contributed by atoms with Crippen LogP contribution in [-0.4, -0.2) is 28.5 Å². The van der Waals surface area contributed by atoms with Crippen LogP contribution in [0.4, 0.5) is 11.6 Å². The summed E-state index contributed by atoms with van der Waals surface area (Å²) in [6.45, 7) is 5.61. The number of nitrogens with zero attached hydrogens (tertiary/aromatic N) is 4. The summed E-state index contributed by atoms with van der Waals surface area (Å²) in [5.41, 5.74) is 3.81. The second-order valence-electron chi connectivity index (χ2n) is 7.10. The highest BCUT2D eigenvalue weighted by Gasteiger charge is 2.32. The molecule has 0 saturated heterocycles. The summed E-state index contributed by atoms with van der Waals surface area (Å²) in [5.74, 6) is 0.509. The summed E-state index contributed by atoms with van der Waals surface area (Å²) < 4.78 is 0. The van der Waals surface area contributed by atoms with Crippen molar-refractivity contribution in [3.05, 3.63) is 83.7 Å². The lowest BCUT2D eigenvalue weighted by molar-refractivity contribution is 0.0976. The Morgan fingerprint density at radius 2 is 1.86 bits per heavy atom. The number of amides is 1. The van der Waals surface area contributed by atoms with Crippen molar-refractivity contribution in [2.24, 2.45) is 0 Å². The van der Waals surface area contributed by atoms with Crippen molar-refractivity contribution in [1.82, 2.24) is 9.97 Å². The quantitative estimate of drug-likeness (QED) is 0.677. The molecule has 5 nitrogen and oxygen atoms in total. The summed E-state index contributed by atoms with van der Waals surface area (Å²) in [4.78, 5) is 26.2. The van der Waals surface area contributed by atoms with Gasteiger partial charge in [0.05, 0.1) is 0 Å². The number of hydrogen-bond donors (Lipinski definition) is 0. The molecule has 1 aliphatic heterocycles. The smallest absolute Gasteiger partial charge is 0.277 e. The number of anilines is 2. The number of carbonyl (C=O) groups is 1. The van der Waals surface area contributed by atoms with Crippen molar-refractivity contribution in [3.8, 4) is 0 Å². The minimum Gasteiger partial charge on any atom is -0.337 e. The van der Waals surface area contributed by atoms with Crippen molar-refractivity contribution in [1.29, 1.82) is 0 Å². The molecule has 1 aromatic heterocycles. The van der Waals surface area contributed by atoms with E-state index in [1.807, 2.05) is 41.3 Å². The Bertz CT molecular complexity index is 973. The highest BCUT2D eigenvalue weighted by atomic mass is 16.2. The fraction of sp³-hybridized carbons (Fsp3) is 0.261. The maximum Gasteiger partial charge on any atom is 0.277 e. The molecule has 0 N–H and O–H groups in total. The standard InChI is InChI=1S/C23H24N4O/c1-3-26(16-18-9-5-4-6-10-18)23-24-14-13-20(25-23)22(28)27-17(2)15-19-11-7-8-12-21(19)27/h4-14,17H,3,15-16H2,1-2H3. The van der Waals surface area contributed by atoms with Crippen LogP contribution < -0.4 is 9.80 Å². The van der Waals surface area contributed by atoms with Crippen molar-refractivity contribution < 1.29 is 4.79 Å². The van der Waals surface area contributed by atoms with Gasteiger partial charge in [0.2, 0.25) is 5.95 Å².